The van der Waals surface area contributed by atoms with Crippen LogP contribution in [0.5, 0.6) is 11.5 Å². The predicted octanol–water partition coefficient (Wildman–Crippen LogP) is 1.91. The van der Waals surface area contributed by atoms with Crippen LogP contribution >= 0.6 is 0 Å². The van der Waals surface area contributed by atoms with E-state index in [0.29, 0.717) is 17.7 Å². The Hall–Kier alpha value is -3.02. The van der Waals surface area contributed by atoms with E-state index in [4.69, 9.17) is 9.47 Å². The summed E-state index contributed by atoms with van der Waals surface area (Å²) in [6.07, 6.45) is 0.292. The van der Waals surface area contributed by atoms with E-state index >= 15 is 0 Å². The van der Waals surface area contributed by atoms with Gasteiger partial charge in [0, 0.05) is 12.0 Å². The van der Waals surface area contributed by atoms with Crippen LogP contribution < -0.4 is 10.1 Å². The standard InChI is InChI=1S/C18H19NO5/c1-23-15-9-3-12(4-10-15)11-16(18(22)24-2)19-17(21)13-5-7-14(20)8-6-13/h3-10,16,20H,11H2,1-2H3,(H,19,21)/t16-/m0/s1. The molecule has 24 heavy (non-hydrogen) atoms. The largest absolute Gasteiger partial charge is 0.508 e. The highest BCUT2D eigenvalue weighted by Gasteiger charge is 2.22. The number of carbonyl (C=O) groups excluding carboxylic acids is 2. The fourth-order valence-electron chi connectivity index (χ4n) is 2.19. The van der Waals surface area contributed by atoms with Crippen molar-refractivity contribution in [1.29, 1.82) is 0 Å². The van der Waals surface area contributed by atoms with E-state index in [1.54, 1.807) is 19.2 Å². The van der Waals surface area contributed by atoms with Gasteiger partial charge in [-0.15, -0.1) is 0 Å². The molecule has 2 aromatic rings. The number of phenols is 1. The van der Waals surface area contributed by atoms with Crippen molar-refractivity contribution in [2.75, 3.05) is 14.2 Å². The second-order valence-electron chi connectivity index (χ2n) is 5.15. The minimum Gasteiger partial charge on any atom is -0.508 e. The Bertz CT molecular complexity index is 694. The van der Waals surface area contributed by atoms with Crippen molar-refractivity contribution < 1.29 is 24.2 Å². The molecule has 0 heterocycles. The van der Waals surface area contributed by atoms with Crippen molar-refractivity contribution in [3.63, 3.8) is 0 Å². The van der Waals surface area contributed by atoms with Crippen LogP contribution in [0.2, 0.25) is 0 Å². The zero-order valence-electron chi connectivity index (χ0n) is 13.5. The number of carbonyl (C=O) groups is 2. The number of phenolic OH excluding ortho intramolecular Hbond substituents is 1. The lowest BCUT2D eigenvalue weighted by atomic mass is 10.1. The van der Waals surface area contributed by atoms with Gasteiger partial charge in [-0.05, 0) is 42.0 Å². The average Bonchev–Trinajstić information content (AvgIpc) is 2.61. The zero-order valence-corrected chi connectivity index (χ0v) is 13.5. The van der Waals surface area contributed by atoms with Crippen molar-refractivity contribution in [2.45, 2.75) is 12.5 Å². The lowest BCUT2D eigenvalue weighted by molar-refractivity contribution is -0.142. The van der Waals surface area contributed by atoms with Crippen LogP contribution in [0.3, 0.4) is 0 Å². The van der Waals surface area contributed by atoms with E-state index < -0.39 is 17.9 Å². The molecule has 2 rings (SSSR count). The molecule has 0 spiro atoms. The molecule has 6 nitrogen and oxygen atoms in total. The Morgan fingerprint density at radius 3 is 2.21 bits per heavy atom. The summed E-state index contributed by atoms with van der Waals surface area (Å²) in [5.74, 6) is -0.173. The summed E-state index contributed by atoms with van der Waals surface area (Å²) in [5, 5.41) is 11.9. The molecule has 0 radical (unpaired) electrons. The minimum absolute atomic E-state index is 0.0642. The predicted molar refractivity (Wildman–Crippen MR) is 88.1 cm³/mol. The van der Waals surface area contributed by atoms with E-state index in [1.807, 2.05) is 12.1 Å². The van der Waals surface area contributed by atoms with Gasteiger partial charge in [-0.25, -0.2) is 4.79 Å². The van der Waals surface area contributed by atoms with Crippen LogP contribution in [0, 0.1) is 0 Å². The van der Waals surface area contributed by atoms with Crippen molar-refractivity contribution in [1.82, 2.24) is 5.32 Å². The third-order valence-corrected chi connectivity index (χ3v) is 3.52. The van der Waals surface area contributed by atoms with Crippen LogP contribution in [-0.4, -0.2) is 37.2 Å². The van der Waals surface area contributed by atoms with Gasteiger partial charge in [-0.3, -0.25) is 4.79 Å². The second kappa shape index (κ2) is 8.01. The second-order valence-corrected chi connectivity index (χ2v) is 5.15. The van der Waals surface area contributed by atoms with Crippen LogP contribution in [0.15, 0.2) is 48.5 Å². The highest BCUT2D eigenvalue weighted by atomic mass is 16.5. The first-order valence-corrected chi connectivity index (χ1v) is 7.34. The maximum absolute atomic E-state index is 12.3. The lowest BCUT2D eigenvalue weighted by Gasteiger charge is -2.17. The van der Waals surface area contributed by atoms with E-state index in [0.717, 1.165) is 5.56 Å². The maximum Gasteiger partial charge on any atom is 0.328 e. The SMILES string of the molecule is COC(=O)[C@H](Cc1ccc(OC)cc1)NC(=O)c1ccc(O)cc1. The number of esters is 1. The summed E-state index contributed by atoms with van der Waals surface area (Å²) in [6.45, 7) is 0. The third-order valence-electron chi connectivity index (χ3n) is 3.52. The monoisotopic (exact) mass is 329 g/mol. The summed E-state index contributed by atoms with van der Waals surface area (Å²) >= 11 is 0. The van der Waals surface area contributed by atoms with Crippen molar-refractivity contribution in [2.24, 2.45) is 0 Å². The molecule has 0 aliphatic carbocycles. The molecule has 0 aromatic heterocycles. The quantitative estimate of drug-likeness (QED) is 0.791. The smallest absolute Gasteiger partial charge is 0.328 e. The molecule has 0 bridgehead atoms. The summed E-state index contributed by atoms with van der Waals surface area (Å²) < 4.78 is 9.86. The first-order valence-electron chi connectivity index (χ1n) is 7.34. The van der Waals surface area contributed by atoms with Gasteiger partial charge in [0.15, 0.2) is 0 Å². The molecule has 1 atom stereocenters. The van der Waals surface area contributed by atoms with Gasteiger partial charge in [0.2, 0.25) is 0 Å². The Kier molecular flexibility index (Phi) is 5.78. The highest BCUT2D eigenvalue weighted by molar-refractivity contribution is 5.96. The molecule has 0 saturated heterocycles. The van der Waals surface area contributed by atoms with Crippen LogP contribution in [-0.2, 0) is 16.0 Å². The number of hydrogen-bond acceptors (Lipinski definition) is 5. The Balaban J connectivity index is 2.11. The van der Waals surface area contributed by atoms with Gasteiger partial charge in [-0.1, -0.05) is 12.1 Å². The van der Waals surface area contributed by atoms with E-state index in [9.17, 15) is 14.7 Å². The zero-order chi connectivity index (χ0) is 17.5. The van der Waals surface area contributed by atoms with Gasteiger partial charge in [0.25, 0.3) is 5.91 Å². The first-order chi connectivity index (χ1) is 11.5. The number of rotatable bonds is 6. The highest BCUT2D eigenvalue weighted by Crippen LogP contribution is 2.14. The molecule has 2 aromatic carbocycles. The molecule has 0 fully saturated rings. The lowest BCUT2D eigenvalue weighted by Crippen LogP contribution is -2.43. The summed E-state index contributed by atoms with van der Waals surface area (Å²) in [4.78, 5) is 24.2. The Morgan fingerprint density at radius 2 is 1.67 bits per heavy atom. The minimum atomic E-state index is -0.815. The number of methoxy groups -OCH3 is 2. The number of nitrogens with one attached hydrogen (secondary N) is 1. The molecular formula is C18H19NO5. The molecule has 0 saturated carbocycles. The van der Waals surface area contributed by atoms with Crippen molar-refractivity contribution in [3.05, 3.63) is 59.7 Å². The van der Waals surface area contributed by atoms with Crippen molar-refractivity contribution >= 4 is 11.9 Å². The summed E-state index contributed by atoms with van der Waals surface area (Å²) in [5.41, 5.74) is 1.20. The van der Waals surface area contributed by atoms with Gasteiger partial charge < -0.3 is 19.9 Å². The van der Waals surface area contributed by atoms with Gasteiger partial charge in [0.05, 0.1) is 14.2 Å². The fraction of sp³-hybridized carbons (Fsp3) is 0.222. The van der Waals surface area contributed by atoms with E-state index in [1.165, 1.54) is 31.4 Å². The molecular weight excluding hydrogens is 310 g/mol. The normalized spacial score (nSPS) is 11.4. The van der Waals surface area contributed by atoms with Gasteiger partial charge in [-0.2, -0.15) is 0 Å². The molecule has 0 unspecified atom stereocenters. The molecule has 0 aliphatic heterocycles. The first kappa shape index (κ1) is 17.3. The summed E-state index contributed by atoms with van der Waals surface area (Å²) in [6, 6.07) is 12.2. The van der Waals surface area contributed by atoms with Crippen LogP contribution in [0.1, 0.15) is 15.9 Å². The fourth-order valence-corrected chi connectivity index (χ4v) is 2.19. The Labute approximate surface area is 140 Å². The van der Waals surface area contributed by atoms with Crippen LogP contribution in [0.25, 0.3) is 0 Å². The van der Waals surface area contributed by atoms with Crippen molar-refractivity contribution in [3.8, 4) is 11.5 Å². The molecule has 2 N–H and O–H groups in total. The maximum atomic E-state index is 12.3. The Morgan fingerprint density at radius 1 is 1.04 bits per heavy atom. The number of amides is 1. The molecule has 0 aliphatic rings. The molecule has 126 valence electrons. The number of aromatic hydroxyl groups is 1. The number of benzene rings is 2. The van der Waals surface area contributed by atoms with Gasteiger partial charge >= 0.3 is 5.97 Å². The average molecular weight is 329 g/mol. The topological polar surface area (TPSA) is 84.9 Å². The molecule has 6 heteroatoms. The molecule has 1 amide bonds. The van der Waals surface area contributed by atoms with E-state index in [2.05, 4.69) is 5.32 Å². The van der Waals surface area contributed by atoms with Gasteiger partial charge in [0.1, 0.15) is 17.5 Å². The third kappa shape index (κ3) is 4.49. The van der Waals surface area contributed by atoms with E-state index in [-0.39, 0.29) is 5.75 Å². The van der Waals surface area contributed by atoms with Crippen LogP contribution in [0.4, 0.5) is 0 Å². The number of ether oxygens (including phenoxy) is 2. The number of hydrogen-bond donors (Lipinski definition) is 2. The summed E-state index contributed by atoms with van der Waals surface area (Å²) in [7, 11) is 2.85.